The molecule has 0 radical (unpaired) electrons. The van der Waals surface area contributed by atoms with Crippen molar-refractivity contribution in [3.05, 3.63) is 105 Å². The van der Waals surface area contributed by atoms with Crippen LogP contribution in [0.2, 0.25) is 10.0 Å². The molecule has 7 heteroatoms. The van der Waals surface area contributed by atoms with Gasteiger partial charge in [-0.05, 0) is 43.3 Å². The molecule has 1 aliphatic heterocycles. The van der Waals surface area contributed by atoms with Crippen molar-refractivity contribution in [1.29, 1.82) is 0 Å². The molecule has 0 saturated carbocycles. The van der Waals surface area contributed by atoms with Gasteiger partial charge in [0.25, 0.3) is 5.91 Å². The molecule has 0 spiro atoms. The minimum Gasteiger partial charge on any atom is -0.334 e. The molecule has 1 aliphatic rings. The van der Waals surface area contributed by atoms with E-state index in [0.717, 1.165) is 16.7 Å². The normalized spacial score (nSPS) is 19.3. The average molecular weight is 453 g/mol. The standard InChI is InChI=1S/C24H19Cl2N3O2/c1-15-6-8-17(9-7-15)23(30)27-21-22(16-10-12-19(25)13-11-16)29(28-24(21)31)14-18-4-2-3-5-20(18)26/h2-14,21-22H,1H3,(H-,27,28,30,31)/p+1/b29-14-/t21-,22-/m1/s1. The quantitative estimate of drug-likeness (QED) is 0.579. The summed E-state index contributed by atoms with van der Waals surface area (Å²) < 4.78 is 1.67. The van der Waals surface area contributed by atoms with Crippen LogP contribution in [0.25, 0.3) is 0 Å². The summed E-state index contributed by atoms with van der Waals surface area (Å²) in [5, 5.41) is 4.02. The third-order valence-corrected chi connectivity index (χ3v) is 5.73. The van der Waals surface area contributed by atoms with Crippen molar-refractivity contribution in [2.45, 2.75) is 19.0 Å². The van der Waals surface area contributed by atoms with Crippen LogP contribution < -0.4 is 10.7 Å². The van der Waals surface area contributed by atoms with Crippen molar-refractivity contribution in [3.8, 4) is 0 Å². The van der Waals surface area contributed by atoms with E-state index in [1.807, 2.05) is 49.4 Å². The van der Waals surface area contributed by atoms with E-state index < -0.39 is 12.1 Å². The van der Waals surface area contributed by atoms with Crippen molar-refractivity contribution in [3.63, 3.8) is 0 Å². The van der Waals surface area contributed by atoms with Crippen LogP contribution in [0.5, 0.6) is 0 Å². The zero-order chi connectivity index (χ0) is 22.0. The Balaban J connectivity index is 1.71. The minimum absolute atomic E-state index is 0.316. The molecule has 1 fully saturated rings. The number of benzene rings is 3. The highest BCUT2D eigenvalue weighted by Crippen LogP contribution is 2.27. The van der Waals surface area contributed by atoms with Gasteiger partial charge in [0.2, 0.25) is 12.3 Å². The van der Waals surface area contributed by atoms with E-state index >= 15 is 0 Å². The molecule has 1 saturated heterocycles. The number of nitrogens with zero attached hydrogens (tertiary/aromatic N) is 1. The lowest BCUT2D eigenvalue weighted by Crippen LogP contribution is -2.42. The summed E-state index contributed by atoms with van der Waals surface area (Å²) in [6.07, 6.45) is 1.76. The van der Waals surface area contributed by atoms with Crippen molar-refractivity contribution < 1.29 is 14.3 Å². The highest BCUT2D eigenvalue weighted by Gasteiger charge is 2.47. The number of halogens is 2. The molecule has 0 aromatic heterocycles. The summed E-state index contributed by atoms with van der Waals surface area (Å²) in [6, 6.07) is 20.4. The van der Waals surface area contributed by atoms with Crippen LogP contribution in [0.4, 0.5) is 0 Å². The molecule has 4 rings (SSSR count). The maximum absolute atomic E-state index is 12.9. The van der Waals surface area contributed by atoms with Crippen LogP contribution in [0.1, 0.15) is 33.1 Å². The van der Waals surface area contributed by atoms with Gasteiger partial charge in [0, 0.05) is 16.1 Å². The van der Waals surface area contributed by atoms with Crippen molar-refractivity contribution in [1.82, 2.24) is 10.7 Å². The van der Waals surface area contributed by atoms with Gasteiger partial charge in [-0.1, -0.05) is 65.2 Å². The minimum atomic E-state index is -0.811. The Labute approximate surface area is 190 Å². The van der Waals surface area contributed by atoms with E-state index in [4.69, 9.17) is 23.2 Å². The number of rotatable bonds is 4. The summed E-state index contributed by atoms with van der Waals surface area (Å²) in [6.45, 7) is 1.95. The van der Waals surface area contributed by atoms with Gasteiger partial charge in [-0.15, -0.1) is 10.1 Å². The molecule has 0 unspecified atom stereocenters. The third kappa shape index (κ3) is 4.63. The highest BCUT2D eigenvalue weighted by atomic mass is 35.5. The van der Waals surface area contributed by atoms with Gasteiger partial charge in [0.05, 0.1) is 10.6 Å². The first-order valence-electron chi connectivity index (χ1n) is 9.73. The Morgan fingerprint density at radius 2 is 1.68 bits per heavy atom. The molecule has 2 atom stereocenters. The van der Waals surface area contributed by atoms with E-state index in [-0.39, 0.29) is 11.8 Å². The molecule has 2 amide bonds. The van der Waals surface area contributed by atoms with Crippen LogP contribution in [0, 0.1) is 6.92 Å². The lowest BCUT2D eigenvalue weighted by molar-refractivity contribution is -0.596. The summed E-state index contributed by atoms with van der Waals surface area (Å²) in [5.41, 5.74) is 5.94. The van der Waals surface area contributed by atoms with E-state index in [1.54, 1.807) is 41.2 Å². The van der Waals surface area contributed by atoms with Crippen LogP contribution in [-0.4, -0.2) is 28.8 Å². The molecule has 1 heterocycles. The molecular weight excluding hydrogens is 433 g/mol. The Morgan fingerprint density at radius 1 is 1.00 bits per heavy atom. The molecule has 3 aromatic rings. The van der Waals surface area contributed by atoms with Crippen LogP contribution in [0.15, 0.2) is 72.8 Å². The largest absolute Gasteiger partial charge is 0.334 e. The number of hydrogen-bond donors (Lipinski definition) is 2. The number of hydrazine groups is 1. The van der Waals surface area contributed by atoms with Crippen molar-refractivity contribution in [2.75, 3.05) is 0 Å². The van der Waals surface area contributed by atoms with Gasteiger partial charge in [-0.3, -0.25) is 9.59 Å². The first kappa shape index (κ1) is 21.1. The Hall–Kier alpha value is -3.15. The average Bonchev–Trinajstić information content (AvgIpc) is 3.05. The van der Waals surface area contributed by atoms with E-state index in [0.29, 0.717) is 15.6 Å². The second kappa shape index (κ2) is 8.92. The number of hydrazone groups is 1. The van der Waals surface area contributed by atoms with E-state index in [9.17, 15) is 9.59 Å². The number of hydrogen-bond acceptors (Lipinski definition) is 2. The first-order valence-corrected chi connectivity index (χ1v) is 10.5. The fraction of sp³-hybridized carbons (Fsp3) is 0.125. The summed E-state index contributed by atoms with van der Waals surface area (Å²) in [7, 11) is 0. The van der Waals surface area contributed by atoms with Crippen molar-refractivity contribution in [2.24, 2.45) is 0 Å². The van der Waals surface area contributed by atoms with Crippen LogP contribution in [-0.2, 0) is 4.79 Å². The zero-order valence-electron chi connectivity index (χ0n) is 16.7. The fourth-order valence-corrected chi connectivity index (χ4v) is 3.81. The molecule has 0 bridgehead atoms. The molecule has 5 nitrogen and oxygen atoms in total. The number of nitrogens with one attached hydrogen (secondary N) is 2. The number of carbonyl (C=O) groups is 2. The Morgan fingerprint density at radius 3 is 2.35 bits per heavy atom. The second-order valence-electron chi connectivity index (χ2n) is 7.35. The monoisotopic (exact) mass is 452 g/mol. The number of aryl methyl sites for hydroxylation is 1. The molecule has 156 valence electrons. The highest BCUT2D eigenvalue weighted by molar-refractivity contribution is 6.33. The summed E-state index contributed by atoms with van der Waals surface area (Å²) >= 11 is 12.4. The fourth-order valence-electron chi connectivity index (χ4n) is 3.50. The maximum atomic E-state index is 12.9. The van der Waals surface area contributed by atoms with Gasteiger partial charge >= 0.3 is 5.91 Å². The SMILES string of the molecule is Cc1ccc(C(=O)N[C@H]2C(=O)N/[N+](=C\c3ccccc3Cl)[C@@H]2c2ccc(Cl)cc2)cc1. The molecule has 31 heavy (non-hydrogen) atoms. The predicted molar refractivity (Wildman–Crippen MR) is 122 cm³/mol. The smallest absolute Gasteiger partial charge is 0.304 e. The lowest BCUT2D eigenvalue weighted by atomic mass is 9.99. The van der Waals surface area contributed by atoms with Gasteiger partial charge in [-0.2, -0.15) is 0 Å². The lowest BCUT2D eigenvalue weighted by Gasteiger charge is -2.15. The summed E-state index contributed by atoms with van der Waals surface area (Å²) in [5.74, 6) is -0.637. The van der Waals surface area contributed by atoms with Crippen molar-refractivity contribution >= 4 is 41.2 Å². The molecular formula is C24H20Cl2N3O2+. The van der Waals surface area contributed by atoms with Gasteiger partial charge in [-0.25, -0.2) is 0 Å². The number of carbonyl (C=O) groups excluding carboxylic acids is 2. The van der Waals surface area contributed by atoms with Gasteiger partial charge in [0.15, 0.2) is 6.04 Å². The molecule has 2 N–H and O–H groups in total. The Bertz CT molecular complexity index is 1160. The topological polar surface area (TPSA) is 61.2 Å². The Kier molecular flexibility index (Phi) is 6.07. The van der Waals surface area contributed by atoms with Crippen LogP contribution in [0.3, 0.4) is 0 Å². The second-order valence-corrected chi connectivity index (χ2v) is 8.19. The zero-order valence-corrected chi connectivity index (χ0v) is 18.2. The maximum Gasteiger partial charge on any atom is 0.304 e. The van der Waals surface area contributed by atoms with Gasteiger partial charge in [0.1, 0.15) is 0 Å². The molecule has 0 aliphatic carbocycles. The van der Waals surface area contributed by atoms with Gasteiger partial charge < -0.3 is 5.32 Å². The number of amides is 2. The third-order valence-electron chi connectivity index (χ3n) is 5.13. The van der Waals surface area contributed by atoms with Crippen LogP contribution >= 0.6 is 23.2 Å². The predicted octanol–water partition coefficient (Wildman–Crippen LogP) is 4.32. The van der Waals surface area contributed by atoms with E-state index in [2.05, 4.69) is 10.7 Å². The molecule has 3 aromatic carbocycles. The van der Waals surface area contributed by atoms with E-state index in [1.165, 1.54) is 0 Å². The first-order chi connectivity index (χ1) is 14.9. The summed E-state index contributed by atoms with van der Waals surface area (Å²) in [4.78, 5) is 25.7.